The van der Waals surface area contributed by atoms with Gasteiger partial charge in [0.1, 0.15) is 0 Å². The van der Waals surface area contributed by atoms with Gasteiger partial charge >= 0.3 is 0 Å². The molecule has 0 saturated carbocycles. The van der Waals surface area contributed by atoms with Crippen molar-refractivity contribution in [2.24, 2.45) is 0 Å². The average molecular weight is 212 g/mol. The first-order chi connectivity index (χ1) is 7.63. The van der Waals surface area contributed by atoms with Gasteiger partial charge in [-0.1, -0.05) is 42.5 Å². The van der Waals surface area contributed by atoms with Gasteiger partial charge in [0.2, 0.25) is 0 Å². The summed E-state index contributed by atoms with van der Waals surface area (Å²) >= 11 is 0. The highest BCUT2D eigenvalue weighted by Gasteiger charge is 2.21. The van der Waals surface area contributed by atoms with E-state index in [0.29, 0.717) is 6.42 Å². The van der Waals surface area contributed by atoms with Crippen molar-refractivity contribution in [3.8, 4) is 0 Å². The average Bonchev–Trinajstić information content (AvgIpc) is 2.28. The zero-order valence-electron chi connectivity index (χ0n) is 9.48. The van der Waals surface area contributed by atoms with Crippen LogP contribution < -0.4 is 0 Å². The van der Waals surface area contributed by atoms with Gasteiger partial charge in [-0.25, -0.2) is 0 Å². The summed E-state index contributed by atoms with van der Waals surface area (Å²) in [6, 6.07) is 14.2. The van der Waals surface area contributed by atoms with Gasteiger partial charge in [-0.3, -0.25) is 0 Å². The van der Waals surface area contributed by atoms with Crippen molar-refractivity contribution in [1.29, 1.82) is 0 Å². The van der Waals surface area contributed by atoms with Crippen molar-refractivity contribution < 1.29 is 5.11 Å². The Labute approximate surface area is 96.0 Å². The van der Waals surface area contributed by atoms with E-state index >= 15 is 0 Å². The van der Waals surface area contributed by atoms with Crippen molar-refractivity contribution in [2.45, 2.75) is 18.9 Å². The van der Waals surface area contributed by atoms with E-state index in [-0.39, 0.29) is 0 Å². The smallest absolute Gasteiger partial charge is 0.0902 e. The lowest BCUT2D eigenvalue weighted by Gasteiger charge is -2.22. The van der Waals surface area contributed by atoms with Crippen LogP contribution in [0.5, 0.6) is 0 Å². The van der Waals surface area contributed by atoms with Crippen LogP contribution >= 0.6 is 0 Å². The van der Waals surface area contributed by atoms with Crippen molar-refractivity contribution in [3.63, 3.8) is 0 Å². The molecule has 1 nitrogen and oxygen atoms in total. The zero-order chi connectivity index (χ0) is 11.6. The number of fused-ring (bicyclic) bond motifs is 1. The highest BCUT2D eigenvalue weighted by molar-refractivity contribution is 5.83. The highest BCUT2D eigenvalue weighted by Crippen LogP contribution is 2.27. The Hall–Kier alpha value is -1.60. The van der Waals surface area contributed by atoms with E-state index in [0.717, 1.165) is 10.9 Å². The van der Waals surface area contributed by atoms with E-state index < -0.39 is 5.60 Å². The first-order valence-electron chi connectivity index (χ1n) is 5.46. The van der Waals surface area contributed by atoms with Gasteiger partial charge < -0.3 is 5.11 Å². The molecule has 1 N–H and O–H groups in total. The maximum absolute atomic E-state index is 10.3. The van der Waals surface area contributed by atoms with E-state index in [4.69, 9.17) is 0 Å². The molecule has 0 amide bonds. The lowest BCUT2D eigenvalue weighted by Crippen LogP contribution is -2.19. The Balaban J connectivity index is 2.50. The van der Waals surface area contributed by atoms with E-state index in [1.54, 1.807) is 6.08 Å². The van der Waals surface area contributed by atoms with Crippen LogP contribution in [0.25, 0.3) is 10.8 Å². The molecule has 0 unspecified atom stereocenters. The standard InChI is InChI=1S/C15H16O/c1-3-10-15(2,16)14-9-8-12-6-4-5-7-13(12)11-14/h3-9,11,16H,1,10H2,2H3/t15-/m0/s1. The Morgan fingerprint density at radius 3 is 2.56 bits per heavy atom. The lowest BCUT2D eigenvalue weighted by atomic mass is 9.91. The predicted octanol–water partition coefficient (Wildman–Crippen LogP) is 3.62. The lowest BCUT2D eigenvalue weighted by molar-refractivity contribution is 0.0608. The van der Waals surface area contributed by atoms with Crippen molar-refractivity contribution in [1.82, 2.24) is 0 Å². The molecule has 1 atom stereocenters. The highest BCUT2D eigenvalue weighted by atomic mass is 16.3. The van der Waals surface area contributed by atoms with Crippen LogP contribution in [0.15, 0.2) is 55.1 Å². The maximum atomic E-state index is 10.3. The molecule has 2 aromatic rings. The molecular weight excluding hydrogens is 196 g/mol. The number of hydrogen-bond acceptors (Lipinski definition) is 1. The van der Waals surface area contributed by atoms with Crippen LogP contribution in [-0.4, -0.2) is 5.11 Å². The molecule has 82 valence electrons. The number of hydrogen-bond donors (Lipinski definition) is 1. The maximum Gasteiger partial charge on any atom is 0.0902 e. The van der Waals surface area contributed by atoms with E-state index in [2.05, 4.69) is 18.7 Å². The van der Waals surface area contributed by atoms with Crippen LogP contribution in [0.3, 0.4) is 0 Å². The summed E-state index contributed by atoms with van der Waals surface area (Å²) in [5, 5.41) is 12.6. The molecule has 0 radical (unpaired) electrons. The van der Waals surface area contributed by atoms with Gasteiger partial charge in [0.25, 0.3) is 0 Å². The van der Waals surface area contributed by atoms with Gasteiger partial charge in [0.15, 0.2) is 0 Å². The van der Waals surface area contributed by atoms with Crippen LogP contribution in [0.4, 0.5) is 0 Å². The van der Waals surface area contributed by atoms with Crippen LogP contribution in [0.1, 0.15) is 18.9 Å². The van der Waals surface area contributed by atoms with Crippen molar-refractivity contribution in [2.75, 3.05) is 0 Å². The van der Waals surface area contributed by atoms with Gasteiger partial charge in [-0.05, 0) is 35.7 Å². The van der Waals surface area contributed by atoms with Gasteiger partial charge in [0.05, 0.1) is 5.60 Å². The fourth-order valence-electron chi connectivity index (χ4n) is 1.92. The third-order valence-corrected chi connectivity index (χ3v) is 2.91. The summed E-state index contributed by atoms with van der Waals surface area (Å²) in [5.41, 5.74) is 0.109. The third-order valence-electron chi connectivity index (χ3n) is 2.91. The second-order valence-corrected chi connectivity index (χ2v) is 4.33. The van der Waals surface area contributed by atoms with Crippen molar-refractivity contribution in [3.05, 3.63) is 60.7 Å². The number of aliphatic hydroxyl groups is 1. The molecule has 0 heterocycles. The number of benzene rings is 2. The molecular formula is C15H16O. The fourth-order valence-corrected chi connectivity index (χ4v) is 1.92. The molecule has 0 saturated heterocycles. The van der Waals surface area contributed by atoms with Crippen LogP contribution in [-0.2, 0) is 5.60 Å². The Bertz CT molecular complexity index is 512. The van der Waals surface area contributed by atoms with E-state index in [9.17, 15) is 5.11 Å². The quantitative estimate of drug-likeness (QED) is 0.770. The molecule has 2 rings (SSSR count). The van der Waals surface area contributed by atoms with Gasteiger partial charge in [0, 0.05) is 0 Å². The largest absolute Gasteiger partial charge is 0.385 e. The molecule has 16 heavy (non-hydrogen) atoms. The van der Waals surface area contributed by atoms with Crippen molar-refractivity contribution >= 4 is 10.8 Å². The summed E-state index contributed by atoms with van der Waals surface area (Å²) < 4.78 is 0. The topological polar surface area (TPSA) is 20.2 Å². The second-order valence-electron chi connectivity index (χ2n) is 4.33. The zero-order valence-corrected chi connectivity index (χ0v) is 9.48. The normalized spacial score (nSPS) is 14.6. The number of rotatable bonds is 3. The minimum Gasteiger partial charge on any atom is -0.385 e. The van der Waals surface area contributed by atoms with Crippen LogP contribution in [0, 0.1) is 0 Å². The van der Waals surface area contributed by atoms with Gasteiger partial charge in [-0.15, -0.1) is 6.58 Å². The summed E-state index contributed by atoms with van der Waals surface area (Å²) in [4.78, 5) is 0. The molecule has 0 aliphatic heterocycles. The predicted molar refractivity (Wildman–Crippen MR) is 68.3 cm³/mol. The summed E-state index contributed by atoms with van der Waals surface area (Å²) in [6.45, 7) is 5.49. The minimum absolute atomic E-state index is 0.561. The van der Waals surface area contributed by atoms with E-state index in [1.807, 2.05) is 37.3 Å². The van der Waals surface area contributed by atoms with E-state index in [1.165, 1.54) is 5.39 Å². The molecule has 1 heteroatoms. The summed E-state index contributed by atoms with van der Waals surface area (Å²) in [5.74, 6) is 0. The Morgan fingerprint density at radius 1 is 1.19 bits per heavy atom. The monoisotopic (exact) mass is 212 g/mol. The van der Waals surface area contributed by atoms with Gasteiger partial charge in [-0.2, -0.15) is 0 Å². The first-order valence-corrected chi connectivity index (χ1v) is 5.46. The third kappa shape index (κ3) is 2.00. The fraction of sp³-hybridized carbons (Fsp3) is 0.200. The molecule has 2 aromatic carbocycles. The molecule has 0 aliphatic rings. The molecule has 0 aliphatic carbocycles. The molecule has 0 bridgehead atoms. The Morgan fingerprint density at radius 2 is 1.88 bits per heavy atom. The SMILES string of the molecule is C=CC[C@](C)(O)c1ccc2ccccc2c1. The summed E-state index contributed by atoms with van der Waals surface area (Å²) in [7, 11) is 0. The minimum atomic E-state index is -0.828. The van der Waals surface area contributed by atoms with Crippen LogP contribution in [0.2, 0.25) is 0 Å². The molecule has 0 fully saturated rings. The first kappa shape index (κ1) is 10.9. The summed E-state index contributed by atoms with van der Waals surface area (Å²) in [6.07, 6.45) is 2.31. The Kier molecular flexibility index (Phi) is 2.80. The molecule has 0 aromatic heterocycles. The second kappa shape index (κ2) is 4.11. The molecule has 0 spiro atoms.